The number of halogens is 3. The molecule has 0 bridgehead atoms. The fraction of sp³-hybridized carbons (Fsp3) is 0. The van der Waals surface area contributed by atoms with Crippen molar-refractivity contribution in [2.45, 2.75) is 0 Å². The van der Waals surface area contributed by atoms with E-state index >= 15 is 0 Å². The van der Waals surface area contributed by atoms with Gasteiger partial charge in [0.2, 0.25) is 5.91 Å². The smallest absolute Gasteiger partial charge is 0.250 e. The number of thiocarbonyl (C=S) groups is 1. The Kier molecular flexibility index (Phi) is 7.00. The predicted molar refractivity (Wildman–Crippen MR) is 146 cm³/mol. The average Bonchev–Trinajstić information content (AvgIpc) is 3.49. The maximum atomic E-state index is 13.2. The van der Waals surface area contributed by atoms with E-state index in [1.807, 2.05) is 0 Å². The maximum Gasteiger partial charge on any atom is 0.250 e. The number of hydrogen-bond donors (Lipinski definition) is 2. The first-order chi connectivity index (χ1) is 17.8. The third kappa shape index (κ3) is 6.03. The number of hydrogen-bond acceptors (Lipinski definition) is 5. The van der Waals surface area contributed by atoms with Crippen LogP contribution < -0.4 is 10.6 Å². The van der Waals surface area contributed by atoms with Crippen molar-refractivity contribution in [3.05, 3.63) is 100 Å². The number of carbonyl (C=O) groups is 1. The summed E-state index contributed by atoms with van der Waals surface area (Å²) in [5.74, 6) is 0.252. The highest BCUT2D eigenvalue weighted by atomic mass is 35.5. The van der Waals surface area contributed by atoms with E-state index in [9.17, 15) is 9.18 Å². The summed E-state index contributed by atoms with van der Waals surface area (Å²) in [5.41, 5.74) is 3.20. The van der Waals surface area contributed by atoms with Gasteiger partial charge in [0.1, 0.15) is 28.4 Å². The molecule has 37 heavy (non-hydrogen) atoms. The summed E-state index contributed by atoms with van der Waals surface area (Å²) in [7, 11) is 0. The normalized spacial score (nSPS) is 11.2. The third-order valence-electron chi connectivity index (χ3n) is 5.11. The summed E-state index contributed by atoms with van der Waals surface area (Å²) in [6.45, 7) is 0. The molecule has 5 aromatic rings. The lowest BCUT2D eigenvalue weighted by molar-refractivity contribution is -0.115. The fourth-order valence-corrected chi connectivity index (χ4v) is 4.19. The van der Waals surface area contributed by atoms with E-state index in [0.29, 0.717) is 44.0 Å². The monoisotopic (exact) mass is 551 g/mol. The molecule has 0 aliphatic heterocycles. The minimum Gasteiger partial charge on any atom is -0.457 e. The van der Waals surface area contributed by atoms with E-state index < -0.39 is 5.91 Å². The predicted octanol–water partition coefficient (Wildman–Crippen LogP) is 6.65. The Labute approximate surface area is 225 Å². The number of fused-ring (bicyclic) bond motifs is 1. The second-order valence-corrected chi connectivity index (χ2v) is 9.09. The van der Waals surface area contributed by atoms with Crippen LogP contribution in [0.2, 0.25) is 10.0 Å². The summed E-state index contributed by atoms with van der Waals surface area (Å²) < 4.78 is 18.9. The van der Waals surface area contributed by atoms with Crippen molar-refractivity contribution >= 4 is 69.2 Å². The Morgan fingerprint density at radius 2 is 1.68 bits per heavy atom. The first-order valence-electron chi connectivity index (χ1n) is 10.8. The van der Waals surface area contributed by atoms with Crippen LogP contribution >= 0.6 is 35.4 Å². The molecule has 0 aliphatic carbocycles. The van der Waals surface area contributed by atoms with Gasteiger partial charge in [0.25, 0.3) is 0 Å². The topological polar surface area (TPSA) is 85.0 Å². The molecule has 184 valence electrons. The van der Waals surface area contributed by atoms with Crippen LogP contribution in [-0.2, 0) is 4.79 Å². The zero-order chi connectivity index (χ0) is 25.9. The zero-order valence-corrected chi connectivity index (χ0v) is 21.1. The summed E-state index contributed by atoms with van der Waals surface area (Å²) in [5, 5.41) is 15.4. The van der Waals surface area contributed by atoms with Crippen molar-refractivity contribution < 1.29 is 13.6 Å². The molecule has 0 saturated carbocycles. The van der Waals surface area contributed by atoms with Gasteiger partial charge in [-0.3, -0.25) is 10.1 Å². The van der Waals surface area contributed by atoms with Crippen molar-refractivity contribution in [1.29, 1.82) is 0 Å². The molecule has 1 amide bonds. The fourth-order valence-electron chi connectivity index (χ4n) is 3.45. The van der Waals surface area contributed by atoms with Crippen molar-refractivity contribution in [3.63, 3.8) is 0 Å². The van der Waals surface area contributed by atoms with Gasteiger partial charge >= 0.3 is 0 Å². The average molecular weight is 552 g/mol. The van der Waals surface area contributed by atoms with Gasteiger partial charge in [-0.2, -0.15) is 4.80 Å². The van der Waals surface area contributed by atoms with Crippen molar-refractivity contribution in [1.82, 2.24) is 20.3 Å². The van der Waals surface area contributed by atoms with Gasteiger partial charge in [-0.25, -0.2) is 4.39 Å². The minimum atomic E-state index is -0.440. The van der Waals surface area contributed by atoms with Crippen LogP contribution in [0.1, 0.15) is 5.76 Å². The molecule has 0 saturated heterocycles. The molecule has 5 rings (SSSR count). The van der Waals surface area contributed by atoms with Crippen LogP contribution in [0.5, 0.6) is 0 Å². The maximum absolute atomic E-state index is 13.2. The van der Waals surface area contributed by atoms with Crippen LogP contribution in [0.15, 0.2) is 83.3 Å². The molecule has 2 aromatic heterocycles. The molecular weight excluding hydrogens is 536 g/mol. The lowest BCUT2D eigenvalue weighted by Gasteiger charge is -2.07. The molecule has 0 radical (unpaired) electrons. The number of nitrogens with one attached hydrogen (secondary N) is 2. The Morgan fingerprint density at radius 1 is 0.946 bits per heavy atom. The van der Waals surface area contributed by atoms with Crippen molar-refractivity contribution in [2.75, 3.05) is 5.32 Å². The SMILES string of the molecule is O=C(/C=C/c1ccc(-c2cc(Cl)cc(Cl)c2)o1)NC(=S)Nc1ccc2nn(-c3ccc(F)cc3)nc2c1. The number of aromatic nitrogens is 3. The van der Waals surface area contributed by atoms with Crippen LogP contribution in [0, 0.1) is 5.82 Å². The molecule has 3 aromatic carbocycles. The van der Waals surface area contributed by atoms with Gasteiger partial charge in [0.15, 0.2) is 5.11 Å². The van der Waals surface area contributed by atoms with E-state index in [2.05, 4.69) is 20.8 Å². The molecule has 7 nitrogen and oxygen atoms in total. The molecule has 0 fully saturated rings. The molecule has 0 atom stereocenters. The Morgan fingerprint density at radius 3 is 2.43 bits per heavy atom. The zero-order valence-electron chi connectivity index (χ0n) is 18.8. The molecule has 11 heteroatoms. The van der Waals surface area contributed by atoms with E-state index in [4.69, 9.17) is 39.8 Å². The van der Waals surface area contributed by atoms with Crippen molar-refractivity contribution in [3.8, 4) is 17.0 Å². The largest absolute Gasteiger partial charge is 0.457 e. The van der Waals surface area contributed by atoms with Crippen LogP contribution in [-0.4, -0.2) is 26.0 Å². The molecule has 0 spiro atoms. The van der Waals surface area contributed by atoms with E-state index in [1.54, 1.807) is 60.7 Å². The van der Waals surface area contributed by atoms with Gasteiger partial charge in [0, 0.05) is 27.4 Å². The lowest BCUT2D eigenvalue weighted by atomic mass is 10.2. The van der Waals surface area contributed by atoms with Gasteiger partial charge in [-0.15, -0.1) is 10.2 Å². The van der Waals surface area contributed by atoms with Gasteiger partial charge in [0.05, 0.1) is 5.69 Å². The Hall–Kier alpha value is -4.05. The summed E-state index contributed by atoms with van der Waals surface area (Å²) in [6, 6.07) is 19.7. The molecule has 0 unspecified atom stereocenters. The highest BCUT2D eigenvalue weighted by Gasteiger charge is 2.09. The van der Waals surface area contributed by atoms with Crippen molar-refractivity contribution in [2.24, 2.45) is 0 Å². The van der Waals surface area contributed by atoms with Crippen LogP contribution in [0.3, 0.4) is 0 Å². The number of rotatable bonds is 5. The van der Waals surface area contributed by atoms with E-state index in [1.165, 1.54) is 29.1 Å². The van der Waals surface area contributed by atoms with Crippen LogP contribution in [0.25, 0.3) is 34.1 Å². The van der Waals surface area contributed by atoms with E-state index in [0.717, 1.165) is 5.56 Å². The standard InChI is InChI=1S/C26H16Cl2FN5O2S/c27-16-11-15(12-17(28)13-16)24-9-6-21(36-24)7-10-25(35)31-26(37)30-19-3-8-22-23(14-19)33-34(32-22)20-4-1-18(29)2-5-20/h1-14H,(H2,30,31,35,37)/b10-7+. The van der Waals surface area contributed by atoms with E-state index in [-0.39, 0.29) is 10.9 Å². The number of benzene rings is 3. The molecule has 0 aliphatic rings. The highest BCUT2D eigenvalue weighted by molar-refractivity contribution is 7.80. The number of anilines is 1. The number of carbonyl (C=O) groups excluding carboxylic acids is 1. The second kappa shape index (κ2) is 10.5. The third-order valence-corrected chi connectivity index (χ3v) is 5.75. The number of furan rings is 1. The first kappa shape index (κ1) is 24.6. The number of amides is 1. The summed E-state index contributed by atoms with van der Waals surface area (Å²) in [4.78, 5) is 13.7. The Bertz CT molecular complexity index is 1640. The Balaban J connectivity index is 1.20. The van der Waals surface area contributed by atoms with Crippen LogP contribution in [0.4, 0.5) is 10.1 Å². The van der Waals surface area contributed by atoms with Gasteiger partial charge in [-0.1, -0.05) is 23.2 Å². The quantitative estimate of drug-likeness (QED) is 0.188. The summed E-state index contributed by atoms with van der Waals surface area (Å²) in [6.07, 6.45) is 2.83. The van der Waals surface area contributed by atoms with Gasteiger partial charge < -0.3 is 9.73 Å². The summed E-state index contributed by atoms with van der Waals surface area (Å²) >= 11 is 17.3. The first-order valence-corrected chi connectivity index (χ1v) is 12.0. The molecule has 2 heterocycles. The molecular formula is C26H16Cl2FN5O2S. The second-order valence-electron chi connectivity index (χ2n) is 7.81. The lowest BCUT2D eigenvalue weighted by Crippen LogP contribution is -2.32. The minimum absolute atomic E-state index is 0.105. The molecule has 2 N–H and O–H groups in total. The number of nitrogens with zero attached hydrogens (tertiary/aromatic N) is 3. The van der Waals surface area contributed by atoms with Gasteiger partial charge in [-0.05, 0) is 91.1 Å². The highest BCUT2D eigenvalue weighted by Crippen LogP contribution is 2.29.